The number of hydrogen-bond acceptors (Lipinski definition) is 5. The number of sulfonamides is 1. The molecule has 0 bridgehead atoms. The summed E-state index contributed by atoms with van der Waals surface area (Å²) in [6, 6.07) is 19.0. The Balaban J connectivity index is 1.38. The van der Waals surface area contributed by atoms with E-state index in [1.165, 1.54) is 0 Å². The van der Waals surface area contributed by atoms with E-state index in [0.717, 1.165) is 24.5 Å². The van der Waals surface area contributed by atoms with Crippen LogP contribution in [0.15, 0.2) is 77.8 Å². The van der Waals surface area contributed by atoms with Gasteiger partial charge in [-0.2, -0.15) is 0 Å². The Morgan fingerprint density at radius 2 is 1.58 bits per heavy atom. The van der Waals surface area contributed by atoms with Crippen LogP contribution in [0.3, 0.4) is 0 Å². The van der Waals surface area contributed by atoms with Crippen LogP contribution in [-0.2, 0) is 10.0 Å². The standard InChI is InChI=1S/C23H24N4O3S/c1-18-5-11-21(12-6-18)31(29,30)25-20-9-7-19(8-10-20)23(28)27-16-14-26(15-17-27)22-4-2-3-13-24-22/h2-13,25H,14-17H2,1H3. The molecule has 3 aromatic rings. The van der Waals surface area contributed by atoms with E-state index >= 15 is 0 Å². The van der Waals surface area contributed by atoms with Crippen molar-refractivity contribution >= 4 is 27.4 Å². The lowest BCUT2D eigenvalue weighted by molar-refractivity contribution is 0.0746. The molecule has 0 spiro atoms. The number of nitrogens with one attached hydrogen (secondary N) is 1. The van der Waals surface area contributed by atoms with E-state index in [4.69, 9.17) is 0 Å². The summed E-state index contributed by atoms with van der Waals surface area (Å²) in [6.45, 7) is 4.56. The minimum Gasteiger partial charge on any atom is -0.353 e. The third-order valence-electron chi connectivity index (χ3n) is 5.26. The second-order valence-electron chi connectivity index (χ2n) is 7.46. The molecular formula is C23H24N4O3S. The van der Waals surface area contributed by atoms with Crippen molar-refractivity contribution in [1.82, 2.24) is 9.88 Å². The van der Waals surface area contributed by atoms with Gasteiger partial charge in [0, 0.05) is 43.6 Å². The highest BCUT2D eigenvalue weighted by molar-refractivity contribution is 7.92. The number of nitrogens with zero attached hydrogens (tertiary/aromatic N) is 3. The Labute approximate surface area is 182 Å². The van der Waals surface area contributed by atoms with Gasteiger partial charge in [0.25, 0.3) is 15.9 Å². The number of anilines is 2. The van der Waals surface area contributed by atoms with E-state index < -0.39 is 10.0 Å². The zero-order valence-corrected chi connectivity index (χ0v) is 18.0. The molecule has 1 saturated heterocycles. The number of aryl methyl sites for hydroxylation is 1. The van der Waals surface area contributed by atoms with Gasteiger partial charge < -0.3 is 9.80 Å². The first-order valence-electron chi connectivity index (χ1n) is 10.1. The van der Waals surface area contributed by atoms with E-state index in [2.05, 4.69) is 14.6 Å². The number of rotatable bonds is 5. The van der Waals surface area contributed by atoms with Gasteiger partial charge in [-0.05, 0) is 55.5 Å². The lowest BCUT2D eigenvalue weighted by atomic mass is 10.1. The Morgan fingerprint density at radius 1 is 0.903 bits per heavy atom. The second kappa shape index (κ2) is 8.77. The molecule has 0 radical (unpaired) electrons. The number of benzene rings is 2. The second-order valence-corrected chi connectivity index (χ2v) is 9.15. The molecule has 1 aromatic heterocycles. The smallest absolute Gasteiger partial charge is 0.261 e. The van der Waals surface area contributed by atoms with Crippen LogP contribution in [0.2, 0.25) is 0 Å². The molecule has 1 aliphatic heterocycles. The first-order chi connectivity index (χ1) is 14.9. The molecule has 8 heteroatoms. The molecule has 0 aliphatic carbocycles. The van der Waals surface area contributed by atoms with Crippen molar-refractivity contribution < 1.29 is 13.2 Å². The molecule has 2 heterocycles. The lowest BCUT2D eigenvalue weighted by Crippen LogP contribution is -2.49. The molecule has 4 rings (SSSR count). The topological polar surface area (TPSA) is 82.6 Å². The SMILES string of the molecule is Cc1ccc(S(=O)(=O)Nc2ccc(C(=O)N3CCN(c4ccccn4)CC3)cc2)cc1. The van der Waals surface area contributed by atoms with Crippen LogP contribution >= 0.6 is 0 Å². The highest BCUT2D eigenvalue weighted by atomic mass is 32.2. The fraction of sp³-hybridized carbons (Fsp3) is 0.217. The maximum atomic E-state index is 12.8. The van der Waals surface area contributed by atoms with Crippen LogP contribution in [0.25, 0.3) is 0 Å². The number of amides is 1. The van der Waals surface area contributed by atoms with Crippen LogP contribution in [0.5, 0.6) is 0 Å². The quantitative estimate of drug-likeness (QED) is 0.664. The number of hydrogen-bond donors (Lipinski definition) is 1. The summed E-state index contributed by atoms with van der Waals surface area (Å²) in [6.07, 6.45) is 1.77. The molecule has 0 saturated carbocycles. The highest BCUT2D eigenvalue weighted by Crippen LogP contribution is 2.19. The summed E-state index contributed by atoms with van der Waals surface area (Å²) in [5.74, 6) is 0.855. The molecule has 0 unspecified atom stereocenters. The van der Waals surface area contributed by atoms with Gasteiger partial charge in [0.15, 0.2) is 0 Å². The molecule has 1 amide bonds. The van der Waals surface area contributed by atoms with Crippen molar-refractivity contribution in [1.29, 1.82) is 0 Å². The van der Waals surface area contributed by atoms with Crippen molar-refractivity contribution in [3.63, 3.8) is 0 Å². The summed E-state index contributed by atoms with van der Waals surface area (Å²) in [5.41, 5.74) is 1.93. The van der Waals surface area contributed by atoms with Gasteiger partial charge in [-0.15, -0.1) is 0 Å². The van der Waals surface area contributed by atoms with E-state index in [0.29, 0.717) is 24.3 Å². The van der Waals surface area contributed by atoms with Gasteiger partial charge in [0.1, 0.15) is 5.82 Å². The summed E-state index contributed by atoms with van der Waals surface area (Å²) in [4.78, 5) is 21.4. The van der Waals surface area contributed by atoms with Gasteiger partial charge in [0.2, 0.25) is 0 Å². The maximum Gasteiger partial charge on any atom is 0.261 e. The average molecular weight is 437 g/mol. The number of carbonyl (C=O) groups is 1. The Hall–Kier alpha value is -3.39. The van der Waals surface area contributed by atoms with Crippen LogP contribution in [0.1, 0.15) is 15.9 Å². The molecule has 1 aliphatic rings. The predicted octanol–water partition coefficient (Wildman–Crippen LogP) is 3.15. The van der Waals surface area contributed by atoms with E-state index in [1.807, 2.05) is 30.0 Å². The Morgan fingerprint density at radius 3 is 2.19 bits per heavy atom. The van der Waals surface area contributed by atoms with Gasteiger partial charge in [-0.1, -0.05) is 23.8 Å². The van der Waals surface area contributed by atoms with Crippen LogP contribution in [0, 0.1) is 6.92 Å². The molecule has 160 valence electrons. The zero-order chi connectivity index (χ0) is 21.8. The monoisotopic (exact) mass is 436 g/mol. The minimum absolute atomic E-state index is 0.0615. The number of piperazine rings is 1. The van der Waals surface area contributed by atoms with Crippen molar-refractivity contribution in [2.75, 3.05) is 35.8 Å². The van der Waals surface area contributed by atoms with E-state index in [-0.39, 0.29) is 10.8 Å². The molecule has 7 nitrogen and oxygen atoms in total. The summed E-state index contributed by atoms with van der Waals surface area (Å²) in [7, 11) is -3.67. The predicted molar refractivity (Wildman–Crippen MR) is 121 cm³/mol. The summed E-state index contributed by atoms with van der Waals surface area (Å²) < 4.78 is 27.6. The fourth-order valence-electron chi connectivity index (χ4n) is 3.47. The first kappa shape index (κ1) is 20.9. The molecule has 2 aromatic carbocycles. The lowest BCUT2D eigenvalue weighted by Gasteiger charge is -2.35. The van der Waals surface area contributed by atoms with Crippen molar-refractivity contribution in [3.8, 4) is 0 Å². The molecular weight excluding hydrogens is 412 g/mol. The van der Waals surface area contributed by atoms with Crippen LogP contribution < -0.4 is 9.62 Å². The third-order valence-corrected chi connectivity index (χ3v) is 6.65. The van der Waals surface area contributed by atoms with Crippen molar-refractivity contribution in [2.45, 2.75) is 11.8 Å². The number of pyridine rings is 1. The molecule has 1 fully saturated rings. The molecule has 1 N–H and O–H groups in total. The summed E-state index contributed by atoms with van der Waals surface area (Å²) >= 11 is 0. The Bertz CT molecular complexity index is 1140. The van der Waals surface area contributed by atoms with Crippen molar-refractivity contribution in [2.24, 2.45) is 0 Å². The first-order valence-corrected chi connectivity index (χ1v) is 11.6. The van der Waals surface area contributed by atoms with E-state index in [1.54, 1.807) is 54.7 Å². The number of aromatic nitrogens is 1. The van der Waals surface area contributed by atoms with Gasteiger partial charge >= 0.3 is 0 Å². The van der Waals surface area contributed by atoms with Crippen LogP contribution in [-0.4, -0.2) is 50.4 Å². The average Bonchev–Trinajstić information content (AvgIpc) is 2.80. The molecule has 31 heavy (non-hydrogen) atoms. The summed E-state index contributed by atoms with van der Waals surface area (Å²) in [5, 5.41) is 0. The van der Waals surface area contributed by atoms with Gasteiger partial charge in [-0.3, -0.25) is 9.52 Å². The Kier molecular flexibility index (Phi) is 5.90. The third kappa shape index (κ3) is 4.86. The number of carbonyl (C=O) groups excluding carboxylic acids is 1. The zero-order valence-electron chi connectivity index (χ0n) is 17.2. The van der Waals surface area contributed by atoms with Crippen LogP contribution in [0.4, 0.5) is 11.5 Å². The molecule has 0 atom stereocenters. The van der Waals surface area contributed by atoms with Gasteiger partial charge in [-0.25, -0.2) is 13.4 Å². The van der Waals surface area contributed by atoms with E-state index in [9.17, 15) is 13.2 Å². The minimum atomic E-state index is -3.67. The fourth-order valence-corrected chi connectivity index (χ4v) is 4.53. The van der Waals surface area contributed by atoms with Gasteiger partial charge in [0.05, 0.1) is 4.90 Å². The maximum absolute atomic E-state index is 12.8. The largest absolute Gasteiger partial charge is 0.353 e. The normalized spacial score (nSPS) is 14.4. The highest BCUT2D eigenvalue weighted by Gasteiger charge is 2.23. The van der Waals surface area contributed by atoms with Crippen molar-refractivity contribution in [3.05, 3.63) is 84.1 Å².